The van der Waals surface area contributed by atoms with Gasteiger partial charge in [-0.3, -0.25) is 0 Å². The number of hydrogen-bond acceptors (Lipinski definition) is 2. The van der Waals surface area contributed by atoms with Gasteiger partial charge >= 0.3 is 6.03 Å². The van der Waals surface area contributed by atoms with Crippen LogP contribution >= 0.6 is 0 Å². The number of aliphatic hydroxyl groups is 1. The zero-order valence-electron chi connectivity index (χ0n) is 8.95. The molecule has 1 rings (SSSR count). The third kappa shape index (κ3) is 3.99. The summed E-state index contributed by atoms with van der Waals surface area (Å²) in [5.41, 5.74) is 1.54. The van der Waals surface area contributed by atoms with E-state index in [9.17, 15) is 4.79 Å². The Labute approximate surface area is 89.3 Å². The maximum absolute atomic E-state index is 11.3. The lowest BCUT2D eigenvalue weighted by Gasteiger charge is -2.10. The highest BCUT2D eigenvalue weighted by Gasteiger charge is 2.02. The Morgan fingerprint density at radius 1 is 1.33 bits per heavy atom. The maximum Gasteiger partial charge on any atom is 0.319 e. The molecule has 0 aromatic heterocycles. The number of nitrogens with one attached hydrogen (secondary N) is 2. The quantitative estimate of drug-likeness (QED) is 0.708. The number of hydrogen-bond donors (Lipinski definition) is 3. The lowest BCUT2D eigenvalue weighted by Crippen LogP contribution is -2.34. The van der Waals surface area contributed by atoms with Crippen LogP contribution in [0.15, 0.2) is 24.3 Å². The highest BCUT2D eigenvalue weighted by atomic mass is 16.3. The van der Waals surface area contributed by atoms with Gasteiger partial charge < -0.3 is 15.7 Å². The second-order valence-corrected chi connectivity index (χ2v) is 3.61. The van der Waals surface area contributed by atoms with Gasteiger partial charge in [0.15, 0.2) is 0 Å². The van der Waals surface area contributed by atoms with E-state index in [2.05, 4.69) is 10.6 Å². The molecule has 4 nitrogen and oxygen atoms in total. The molecule has 0 atom stereocenters. The lowest BCUT2D eigenvalue weighted by atomic mass is 10.2. The zero-order chi connectivity index (χ0) is 11.3. The third-order valence-electron chi connectivity index (χ3n) is 1.81. The Bertz CT molecular complexity index is 320. The van der Waals surface area contributed by atoms with Gasteiger partial charge in [0.1, 0.15) is 0 Å². The van der Waals surface area contributed by atoms with E-state index >= 15 is 0 Å². The van der Waals surface area contributed by atoms with Crippen LogP contribution in [-0.2, 0) is 6.61 Å². The number of benzene rings is 1. The summed E-state index contributed by atoms with van der Waals surface area (Å²) in [6.45, 7) is 3.81. The normalized spacial score (nSPS) is 10.1. The Morgan fingerprint density at radius 3 is 2.40 bits per heavy atom. The molecule has 0 fully saturated rings. The van der Waals surface area contributed by atoms with Gasteiger partial charge in [-0.05, 0) is 31.5 Å². The van der Waals surface area contributed by atoms with Crippen molar-refractivity contribution in [2.24, 2.45) is 0 Å². The van der Waals surface area contributed by atoms with Crippen molar-refractivity contribution in [3.8, 4) is 0 Å². The summed E-state index contributed by atoms with van der Waals surface area (Å²) in [5.74, 6) is 0. The Kier molecular flexibility index (Phi) is 4.12. The minimum absolute atomic E-state index is 0.0124. The van der Waals surface area contributed by atoms with E-state index < -0.39 is 0 Å². The van der Waals surface area contributed by atoms with Gasteiger partial charge in [-0.2, -0.15) is 0 Å². The average Bonchev–Trinajstić information content (AvgIpc) is 2.17. The van der Waals surface area contributed by atoms with Crippen LogP contribution in [0.2, 0.25) is 0 Å². The van der Waals surface area contributed by atoms with Gasteiger partial charge in [0.05, 0.1) is 6.61 Å². The predicted molar refractivity (Wildman–Crippen MR) is 59.7 cm³/mol. The van der Waals surface area contributed by atoms with Crippen LogP contribution in [0.5, 0.6) is 0 Å². The van der Waals surface area contributed by atoms with Crippen molar-refractivity contribution in [2.75, 3.05) is 5.32 Å². The van der Waals surface area contributed by atoms with Gasteiger partial charge in [-0.1, -0.05) is 12.1 Å². The number of carbonyl (C=O) groups is 1. The fraction of sp³-hybridized carbons (Fsp3) is 0.364. The van der Waals surface area contributed by atoms with E-state index in [1.165, 1.54) is 0 Å². The van der Waals surface area contributed by atoms with Gasteiger partial charge in [-0.25, -0.2) is 4.79 Å². The SMILES string of the molecule is CC(C)NC(=O)Nc1ccc(CO)cc1. The Balaban J connectivity index is 2.53. The van der Waals surface area contributed by atoms with Crippen LogP contribution in [0.3, 0.4) is 0 Å². The molecule has 3 N–H and O–H groups in total. The Morgan fingerprint density at radius 2 is 1.93 bits per heavy atom. The molecule has 0 spiro atoms. The van der Waals surface area contributed by atoms with E-state index in [-0.39, 0.29) is 18.7 Å². The summed E-state index contributed by atoms with van der Waals surface area (Å²) in [6, 6.07) is 6.94. The summed E-state index contributed by atoms with van der Waals surface area (Å²) in [4.78, 5) is 11.3. The van der Waals surface area contributed by atoms with E-state index in [0.29, 0.717) is 5.69 Å². The molecular formula is C11H16N2O2. The molecule has 1 aromatic carbocycles. The highest BCUT2D eigenvalue weighted by molar-refractivity contribution is 5.89. The molecule has 0 aliphatic carbocycles. The highest BCUT2D eigenvalue weighted by Crippen LogP contribution is 2.09. The van der Waals surface area contributed by atoms with Crippen LogP contribution in [0.4, 0.5) is 10.5 Å². The topological polar surface area (TPSA) is 61.4 Å². The number of rotatable bonds is 3. The molecule has 0 aliphatic rings. The molecule has 0 bridgehead atoms. The summed E-state index contributed by atoms with van der Waals surface area (Å²) in [5, 5.41) is 14.2. The molecule has 15 heavy (non-hydrogen) atoms. The standard InChI is InChI=1S/C11H16N2O2/c1-8(2)12-11(15)13-10-5-3-9(7-14)4-6-10/h3-6,8,14H,7H2,1-2H3,(H2,12,13,15). The molecule has 82 valence electrons. The summed E-state index contributed by atoms with van der Waals surface area (Å²) < 4.78 is 0. The number of anilines is 1. The van der Waals surface area contributed by atoms with Crippen molar-refractivity contribution in [2.45, 2.75) is 26.5 Å². The van der Waals surface area contributed by atoms with Crippen molar-refractivity contribution < 1.29 is 9.90 Å². The van der Waals surface area contributed by atoms with Gasteiger partial charge in [-0.15, -0.1) is 0 Å². The van der Waals surface area contributed by atoms with Crippen molar-refractivity contribution in [1.82, 2.24) is 5.32 Å². The first kappa shape index (κ1) is 11.5. The summed E-state index contributed by atoms with van der Waals surface area (Å²) in [7, 11) is 0. The molecular weight excluding hydrogens is 192 g/mol. The van der Waals surface area contributed by atoms with Crippen LogP contribution in [0.25, 0.3) is 0 Å². The molecule has 4 heteroatoms. The molecule has 0 aliphatic heterocycles. The lowest BCUT2D eigenvalue weighted by molar-refractivity contribution is 0.250. The number of aliphatic hydroxyl groups excluding tert-OH is 1. The fourth-order valence-corrected chi connectivity index (χ4v) is 1.12. The van der Waals surface area contributed by atoms with Crippen LogP contribution in [0, 0.1) is 0 Å². The molecule has 0 unspecified atom stereocenters. The smallest absolute Gasteiger partial charge is 0.319 e. The van der Waals surface area contributed by atoms with Crippen LogP contribution in [-0.4, -0.2) is 17.2 Å². The first-order chi connectivity index (χ1) is 7.11. The average molecular weight is 208 g/mol. The molecule has 2 amide bonds. The Hall–Kier alpha value is -1.55. The first-order valence-corrected chi connectivity index (χ1v) is 4.89. The third-order valence-corrected chi connectivity index (χ3v) is 1.81. The minimum Gasteiger partial charge on any atom is -0.392 e. The van der Waals surface area contributed by atoms with E-state index in [1.54, 1.807) is 24.3 Å². The van der Waals surface area contributed by atoms with Crippen LogP contribution < -0.4 is 10.6 Å². The molecule has 0 heterocycles. The zero-order valence-corrected chi connectivity index (χ0v) is 8.95. The maximum atomic E-state index is 11.3. The fourth-order valence-electron chi connectivity index (χ4n) is 1.12. The van der Waals surface area contributed by atoms with Gasteiger partial charge in [0.2, 0.25) is 0 Å². The van der Waals surface area contributed by atoms with Gasteiger partial charge in [0.25, 0.3) is 0 Å². The van der Waals surface area contributed by atoms with Crippen LogP contribution in [0.1, 0.15) is 19.4 Å². The second kappa shape index (κ2) is 5.36. The van der Waals surface area contributed by atoms with Crippen molar-refractivity contribution in [1.29, 1.82) is 0 Å². The number of amides is 2. The van der Waals surface area contributed by atoms with Crippen molar-refractivity contribution in [3.63, 3.8) is 0 Å². The van der Waals surface area contributed by atoms with Crippen molar-refractivity contribution >= 4 is 11.7 Å². The van der Waals surface area contributed by atoms with E-state index in [1.807, 2.05) is 13.8 Å². The van der Waals surface area contributed by atoms with E-state index in [4.69, 9.17) is 5.11 Å². The molecule has 1 aromatic rings. The molecule has 0 saturated heterocycles. The predicted octanol–water partition coefficient (Wildman–Crippen LogP) is 1.71. The minimum atomic E-state index is -0.221. The van der Waals surface area contributed by atoms with Gasteiger partial charge in [0, 0.05) is 11.7 Å². The van der Waals surface area contributed by atoms with Crippen molar-refractivity contribution in [3.05, 3.63) is 29.8 Å². The molecule has 0 radical (unpaired) electrons. The first-order valence-electron chi connectivity index (χ1n) is 4.89. The number of urea groups is 1. The van der Waals surface area contributed by atoms with E-state index in [0.717, 1.165) is 5.56 Å². The second-order valence-electron chi connectivity index (χ2n) is 3.61. The largest absolute Gasteiger partial charge is 0.392 e. The monoisotopic (exact) mass is 208 g/mol. The number of carbonyl (C=O) groups excluding carboxylic acids is 1. The molecule has 0 saturated carbocycles. The summed E-state index contributed by atoms with van der Waals surface area (Å²) >= 11 is 0. The summed E-state index contributed by atoms with van der Waals surface area (Å²) in [6.07, 6.45) is 0.